The van der Waals surface area contributed by atoms with Crippen molar-refractivity contribution in [2.24, 2.45) is 0 Å². The highest BCUT2D eigenvalue weighted by molar-refractivity contribution is 6.10. The molecule has 4 amide bonds. The fourth-order valence-corrected chi connectivity index (χ4v) is 3.22. The summed E-state index contributed by atoms with van der Waals surface area (Å²) < 4.78 is 14.2. The van der Waals surface area contributed by atoms with Gasteiger partial charge in [0.25, 0.3) is 5.91 Å². The van der Waals surface area contributed by atoms with Gasteiger partial charge in [0.1, 0.15) is 17.9 Å². The highest BCUT2D eigenvalue weighted by Gasteiger charge is 2.50. The normalized spacial score (nSPS) is 19.2. The van der Waals surface area contributed by atoms with Crippen LogP contribution in [0.3, 0.4) is 0 Å². The van der Waals surface area contributed by atoms with E-state index in [-0.39, 0.29) is 5.56 Å². The van der Waals surface area contributed by atoms with Crippen molar-refractivity contribution in [1.29, 1.82) is 0 Å². The summed E-state index contributed by atoms with van der Waals surface area (Å²) in [7, 11) is 0. The number of carbonyl (C=O) groups is 3. The van der Waals surface area contributed by atoms with Crippen LogP contribution >= 0.6 is 0 Å². The second-order valence-corrected chi connectivity index (χ2v) is 6.74. The van der Waals surface area contributed by atoms with Crippen molar-refractivity contribution in [3.63, 3.8) is 0 Å². The molecule has 1 saturated heterocycles. The summed E-state index contributed by atoms with van der Waals surface area (Å²) in [6, 6.07) is 10.6. The maximum atomic E-state index is 14.2. The molecule has 1 aliphatic rings. The Hall–Kier alpha value is -3.22. The molecule has 6 nitrogen and oxygen atoms in total. The number of amides is 4. The minimum Gasteiger partial charge on any atom is -0.324 e. The smallest absolute Gasteiger partial charge is 0.324 e. The molecule has 0 saturated carbocycles. The minimum absolute atomic E-state index is 0.0565. The third-order valence-corrected chi connectivity index (χ3v) is 4.73. The Morgan fingerprint density at radius 2 is 1.74 bits per heavy atom. The molecule has 0 aromatic heterocycles. The van der Waals surface area contributed by atoms with Gasteiger partial charge in [0, 0.05) is 11.3 Å². The van der Waals surface area contributed by atoms with Crippen LogP contribution in [0.25, 0.3) is 0 Å². The zero-order chi connectivity index (χ0) is 19.8. The first-order valence-corrected chi connectivity index (χ1v) is 8.49. The van der Waals surface area contributed by atoms with Crippen LogP contribution in [0.4, 0.5) is 14.9 Å². The summed E-state index contributed by atoms with van der Waals surface area (Å²) in [5.74, 6) is -1.78. The number of anilines is 1. The van der Waals surface area contributed by atoms with Gasteiger partial charge in [0.05, 0.1) is 0 Å². The summed E-state index contributed by atoms with van der Waals surface area (Å²) in [6.45, 7) is 4.68. The van der Waals surface area contributed by atoms with Gasteiger partial charge in [-0.05, 0) is 38.0 Å². The number of imide groups is 1. The van der Waals surface area contributed by atoms with E-state index in [2.05, 4.69) is 10.6 Å². The number of hydrogen-bond acceptors (Lipinski definition) is 3. The van der Waals surface area contributed by atoms with E-state index >= 15 is 0 Å². The molecule has 1 heterocycles. The van der Waals surface area contributed by atoms with Gasteiger partial charge in [0.15, 0.2) is 0 Å². The lowest BCUT2D eigenvalue weighted by atomic mass is 9.91. The number of halogens is 1. The van der Waals surface area contributed by atoms with Gasteiger partial charge in [-0.3, -0.25) is 14.5 Å². The van der Waals surface area contributed by atoms with Gasteiger partial charge in [-0.15, -0.1) is 0 Å². The number of nitrogens with one attached hydrogen (secondary N) is 2. The maximum absolute atomic E-state index is 14.2. The quantitative estimate of drug-likeness (QED) is 0.814. The molecule has 0 aliphatic carbocycles. The van der Waals surface area contributed by atoms with E-state index < -0.39 is 35.7 Å². The Morgan fingerprint density at radius 3 is 2.37 bits per heavy atom. The topological polar surface area (TPSA) is 78.5 Å². The summed E-state index contributed by atoms with van der Waals surface area (Å²) in [4.78, 5) is 38.3. The van der Waals surface area contributed by atoms with Gasteiger partial charge in [-0.1, -0.05) is 36.4 Å². The summed E-state index contributed by atoms with van der Waals surface area (Å²) in [6.07, 6.45) is 0. The van der Waals surface area contributed by atoms with Crippen LogP contribution in [0, 0.1) is 19.7 Å². The Labute approximate surface area is 156 Å². The number of carbonyl (C=O) groups excluding carboxylic acids is 3. The van der Waals surface area contributed by atoms with Crippen LogP contribution in [0.5, 0.6) is 0 Å². The molecule has 140 valence electrons. The van der Waals surface area contributed by atoms with Crippen LogP contribution in [-0.2, 0) is 15.1 Å². The van der Waals surface area contributed by atoms with Gasteiger partial charge < -0.3 is 10.6 Å². The zero-order valence-electron chi connectivity index (χ0n) is 15.3. The molecule has 2 aromatic rings. The number of aryl methyl sites for hydroxylation is 2. The molecular weight excluding hydrogens is 349 g/mol. The van der Waals surface area contributed by atoms with Crippen LogP contribution in [0.1, 0.15) is 23.6 Å². The van der Waals surface area contributed by atoms with Crippen molar-refractivity contribution >= 4 is 23.5 Å². The molecule has 1 aliphatic heterocycles. The monoisotopic (exact) mass is 369 g/mol. The van der Waals surface area contributed by atoms with Crippen molar-refractivity contribution in [2.75, 3.05) is 11.9 Å². The molecule has 2 N–H and O–H groups in total. The van der Waals surface area contributed by atoms with E-state index in [0.29, 0.717) is 5.69 Å². The first kappa shape index (κ1) is 18.6. The average molecular weight is 369 g/mol. The summed E-state index contributed by atoms with van der Waals surface area (Å²) >= 11 is 0. The molecule has 0 bridgehead atoms. The third-order valence-electron chi connectivity index (χ3n) is 4.73. The number of para-hydroxylation sites is 1. The molecule has 1 atom stereocenters. The maximum Gasteiger partial charge on any atom is 0.325 e. The van der Waals surface area contributed by atoms with Crippen molar-refractivity contribution < 1.29 is 18.8 Å². The number of hydrogen-bond donors (Lipinski definition) is 2. The molecule has 27 heavy (non-hydrogen) atoms. The first-order valence-electron chi connectivity index (χ1n) is 8.49. The van der Waals surface area contributed by atoms with Gasteiger partial charge >= 0.3 is 6.03 Å². The number of nitrogens with zero attached hydrogens (tertiary/aromatic N) is 1. The predicted molar refractivity (Wildman–Crippen MR) is 98.5 cm³/mol. The SMILES string of the molecule is Cc1cccc(C)c1NC(=O)CN1C(=O)N[C@](C)(c2ccccc2F)C1=O. The fraction of sp³-hybridized carbons (Fsp3) is 0.250. The minimum atomic E-state index is -1.55. The van der Waals surface area contributed by atoms with E-state index in [0.717, 1.165) is 16.0 Å². The Kier molecular flexibility index (Phi) is 4.70. The average Bonchev–Trinajstić information content (AvgIpc) is 2.82. The number of urea groups is 1. The van der Waals surface area contributed by atoms with E-state index in [4.69, 9.17) is 0 Å². The summed E-state index contributed by atoms with van der Waals surface area (Å²) in [5.41, 5.74) is 0.891. The first-order chi connectivity index (χ1) is 12.7. The zero-order valence-corrected chi connectivity index (χ0v) is 15.3. The molecule has 7 heteroatoms. The van der Waals surface area contributed by atoms with Crippen LogP contribution in [-0.4, -0.2) is 29.3 Å². The molecule has 2 aromatic carbocycles. The van der Waals surface area contributed by atoms with Crippen molar-refractivity contribution in [3.05, 3.63) is 65.0 Å². The van der Waals surface area contributed by atoms with Crippen LogP contribution < -0.4 is 10.6 Å². The highest BCUT2D eigenvalue weighted by atomic mass is 19.1. The van der Waals surface area contributed by atoms with Crippen molar-refractivity contribution in [1.82, 2.24) is 10.2 Å². The molecule has 1 fully saturated rings. The second-order valence-electron chi connectivity index (χ2n) is 6.74. The Morgan fingerprint density at radius 1 is 1.11 bits per heavy atom. The molecule has 0 unspecified atom stereocenters. The number of benzene rings is 2. The lowest BCUT2D eigenvalue weighted by Crippen LogP contribution is -2.42. The van der Waals surface area contributed by atoms with E-state index in [1.54, 1.807) is 6.07 Å². The van der Waals surface area contributed by atoms with Crippen molar-refractivity contribution in [2.45, 2.75) is 26.3 Å². The second kappa shape index (κ2) is 6.83. The van der Waals surface area contributed by atoms with Gasteiger partial charge in [-0.25, -0.2) is 9.18 Å². The molecular formula is C20H20FN3O3. The lowest BCUT2D eigenvalue weighted by Gasteiger charge is -2.22. The molecule has 3 rings (SSSR count). The molecule has 0 radical (unpaired) electrons. The summed E-state index contributed by atoms with van der Waals surface area (Å²) in [5, 5.41) is 5.23. The predicted octanol–water partition coefficient (Wildman–Crippen LogP) is 2.85. The Bertz CT molecular complexity index is 924. The van der Waals surface area contributed by atoms with Crippen molar-refractivity contribution in [3.8, 4) is 0 Å². The molecule has 0 spiro atoms. The van der Waals surface area contributed by atoms with Crippen LogP contribution in [0.15, 0.2) is 42.5 Å². The lowest BCUT2D eigenvalue weighted by molar-refractivity contribution is -0.133. The van der Waals surface area contributed by atoms with Crippen LogP contribution in [0.2, 0.25) is 0 Å². The fourth-order valence-electron chi connectivity index (χ4n) is 3.22. The van der Waals surface area contributed by atoms with E-state index in [9.17, 15) is 18.8 Å². The van der Waals surface area contributed by atoms with Gasteiger partial charge in [0.2, 0.25) is 5.91 Å². The number of rotatable bonds is 4. The third kappa shape index (κ3) is 3.28. The highest BCUT2D eigenvalue weighted by Crippen LogP contribution is 2.30. The van der Waals surface area contributed by atoms with E-state index in [1.807, 2.05) is 32.0 Å². The largest absolute Gasteiger partial charge is 0.325 e. The van der Waals surface area contributed by atoms with E-state index in [1.165, 1.54) is 25.1 Å². The van der Waals surface area contributed by atoms with Gasteiger partial charge in [-0.2, -0.15) is 0 Å². The Balaban J connectivity index is 1.80. The standard InChI is InChI=1S/C20H20FN3O3/c1-12-7-6-8-13(2)17(12)22-16(25)11-24-18(26)20(3,23-19(24)27)14-9-4-5-10-15(14)21/h4-10H,11H2,1-3H3,(H,22,25)(H,23,27)/t20-/m1/s1.